The lowest BCUT2D eigenvalue weighted by Crippen LogP contribution is -2.37. The molecular formula is C33H36N2O. The number of benzene rings is 4. The van der Waals surface area contributed by atoms with Gasteiger partial charge in [-0.05, 0) is 72.8 Å². The molecule has 1 saturated heterocycles. The fourth-order valence-electron chi connectivity index (χ4n) is 6.09. The second kappa shape index (κ2) is 10.5. The van der Waals surface area contributed by atoms with E-state index in [4.69, 9.17) is 4.74 Å². The monoisotopic (exact) mass is 476 g/mol. The minimum Gasteiger partial charge on any atom is -0.489 e. The summed E-state index contributed by atoms with van der Waals surface area (Å²) in [5.74, 6) is 1.39. The first kappa shape index (κ1) is 23.3. The molecular weight excluding hydrogens is 440 g/mol. The molecule has 6 rings (SSSR count). The van der Waals surface area contributed by atoms with Crippen LogP contribution in [0.4, 0.5) is 0 Å². The Hall–Kier alpha value is -3.14. The van der Waals surface area contributed by atoms with Gasteiger partial charge in [-0.3, -0.25) is 4.90 Å². The molecule has 0 radical (unpaired) electrons. The Morgan fingerprint density at radius 2 is 1.67 bits per heavy atom. The molecule has 1 N–H and O–H groups in total. The zero-order valence-corrected chi connectivity index (χ0v) is 21.2. The van der Waals surface area contributed by atoms with Gasteiger partial charge >= 0.3 is 0 Å². The zero-order valence-electron chi connectivity index (χ0n) is 21.2. The van der Waals surface area contributed by atoms with Crippen LogP contribution in [0.1, 0.15) is 60.4 Å². The van der Waals surface area contributed by atoms with E-state index < -0.39 is 0 Å². The molecule has 36 heavy (non-hydrogen) atoms. The van der Waals surface area contributed by atoms with E-state index in [2.05, 4.69) is 108 Å². The van der Waals surface area contributed by atoms with Crippen molar-refractivity contribution in [3.8, 4) is 5.75 Å². The summed E-state index contributed by atoms with van der Waals surface area (Å²) in [6.07, 6.45) is 3.78. The Labute approximate surface area is 215 Å². The third kappa shape index (κ3) is 4.91. The van der Waals surface area contributed by atoms with Gasteiger partial charge in [0.2, 0.25) is 0 Å². The average molecular weight is 477 g/mol. The third-order valence-corrected chi connectivity index (χ3v) is 7.99. The molecule has 0 spiro atoms. The van der Waals surface area contributed by atoms with Crippen molar-refractivity contribution in [2.75, 3.05) is 19.6 Å². The van der Waals surface area contributed by atoms with Crippen LogP contribution in [0.3, 0.4) is 0 Å². The highest BCUT2D eigenvalue weighted by Gasteiger charge is 2.29. The Morgan fingerprint density at radius 1 is 0.889 bits per heavy atom. The fraction of sp³-hybridized carbons (Fsp3) is 0.333. The second-order valence-corrected chi connectivity index (χ2v) is 10.5. The third-order valence-electron chi connectivity index (χ3n) is 7.99. The molecule has 2 heterocycles. The quantitative estimate of drug-likeness (QED) is 0.309. The topological polar surface area (TPSA) is 24.5 Å². The molecule has 3 atom stereocenters. The van der Waals surface area contributed by atoms with Gasteiger partial charge in [-0.2, -0.15) is 0 Å². The van der Waals surface area contributed by atoms with Crippen LogP contribution in [0.15, 0.2) is 91.0 Å². The molecule has 0 aromatic heterocycles. The van der Waals surface area contributed by atoms with Crippen LogP contribution in [0.25, 0.3) is 10.8 Å². The maximum absolute atomic E-state index is 6.52. The van der Waals surface area contributed by atoms with Crippen molar-refractivity contribution in [3.05, 3.63) is 113 Å². The molecule has 3 nitrogen and oxygen atoms in total. The van der Waals surface area contributed by atoms with E-state index >= 15 is 0 Å². The van der Waals surface area contributed by atoms with Gasteiger partial charge in [-0.1, -0.05) is 84.9 Å². The van der Waals surface area contributed by atoms with Crippen molar-refractivity contribution < 1.29 is 4.74 Å². The summed E-state index contributed by atoms with van der Waals surface area (Å²) >= 11 is 0. The van der Waals surface area contributed by atoms with Crippen molar-refractivity contribution in [2.45, 2.75) is 50.8 Å². The number of hydrogen-bond donors (Lipinski definition) is 1. The Bertz CT molecular complexity index is 1320. The minimum absolute atomic E-state index is 0.129. The summed E-state index contributed by atoms with van der Waals surface area (Å²) in [6, 6.07) is 33.4. The van der Waals surface area contributed by atoms with E-state index in [9.17, 15) is 0 Å². The summed E-state index contributed by atoms with van der Waals surface area (Å²) in [7, 11) is 0. The number of ether oxygens (including phenoxy) is 1. The zero-order chi connectivity index (χ0) is 24.3. The molecule has 1 fully saturated rings. The molecule has 2 aliphatic rings. The molecule has 4 aromatic carbocycles. The van der Waals surface area contributed by atoms with Crippen LogP contribution >= 0.6 is 0 Å². The molecule has 2 aliphatic heterocycles. The lowest BCUT2D eigenvalue weighted by Gasteiger charge is -2.33. The number of para-hydroxylation sites is 1. The van der Waals surface area contributed by atoms with Crippen LogP contribution in [0.5, 0.6) is 5.75 Å². The van der Waals surface area contributed by atoms with Gasteiger partial charge in [0.25, 0.3) is 0 Å². The number of fused-ring (bicyclic) bond motifs is 2. The lowest BCUT2D eigenvalue weighted by atomic mass is 9.83. The molecule has 4 aromatic rings. The molecule has 3 heteroatoms. The van der Waals surface area contributed by atoms with Gasteiger partial charge in [0, 0.05) is 30.6 Å². The average Bonchev–Trinajstić information content (AvgIpc) is 3.44. The highest BCUT2D eigenvalue weighted by molar-refractivity contribution is 5.86. The standard InChI is InChI=1S/C33H36N2O/c1-24(29-16-9-12-26-11-2-3-14-30(26)29)34-22-28-21-32(31-15-4-5-17-33(31)36-28)27-13-8-10-25(20-27)23-35-18-6-7-19-35/h2-5,8-17,20,24,28,32,34H,6-7,18-19,21-23H2,1H3/t24-,28-,32+/m1/s1. The van der Waals surface area contributed by atoms with Crippen molar-refractivity contribution in [1.29, 1.82) is 0 Å². The number of hydrogen-bond acceptors (Lipinski definition) is 3. The number of likely N-dealkylation sites (tertiary alicyclic amines) is 1. The van der Waals surface area contributed by atoms with Crippen molar-refractivity contribution in [1.82, 2.24) is 10.2 Å². The first-order chi connectivity index (χ1) is 17.7. The van der Waals surface area contributed by atoms with E-state index in [1.165, 1.54) is 59.0 Å². The van der Waals surface area contributed by atoms with Gasteiger partial charge in [-0.15, -0.1) is 0 Å². The van der Waals surface area contributed by atoms with Crippen molar-refractivity contribution in [2.24, 2.45) is 0 Å². The Kier molecular flexibility index (Phi) is 6.76. The summed E-state index contributed by atoms with van der Waals surface area (Å²) in [6.45, 7) is 6.60. The Morgan fingerprint density at radius 3 is 2.58 bits per heavy atom. The molecule has 0 unspecified atom stereocenters. The highest BCUT2D eigenvalue weighted by Crippen LogP contribution is 2.40. The maximum Gasteiger partial charge on any atom is 0.123 e. The van der Waals surface area contributed by atoms with E-state index in [-0.39, 0.29) is 12.1 Å². The normalized spacial score (nSPS) is 20.7. The summed E-state index contributed by atoms with van der Waals surface area (Å²) in [4.78, 5) is 2.58. The molecule has 0 bridgehead atoms. The van der Waals surface area contributed by atoms with E-state index in [1.807, 2.05) is 0 Å². The summed E-state index contributed by atoms with van der Waals surface area (Å²) in [5, 5.41) is 6.41. The number of rotatable bonds is 7. The lowest BCUT2D eigenvalue weighted by molar-refractivity contribution is 0.159. The van der Waals surface area contributed by atoms with Crippen LogP contribution in [-0.2, 0) is 6.54 Å². The predicted octanol–water partition coefficient (Wildman–Crippen LogP) is 7.07. The van der Waals surface area contributed by atoms with Crippen LogP contribution in [0.2, 0.25) is 0 Å². The number of nitrogens with one attached hydrogen (secondary N) is 1. The molecule has 0 aliphatic carbocycles. The van der Waals surface area contributed by atoms with Gasteiger partial charge in [0.05, 0.1) is 0 Å². The predicted molar refractivity (Wildman–Crippen MR) is 149 cm³/mol. The summed E-state index contributed by atoms with van der Waals surface area (Å²) in [5.41, 5.74) is 5.50. The fourth-order valence-corrected chi connectivity index (χ4v) is 6.09. The van der Waals surface area contributed by atoms with Crippen molar-refractivity contribution in [3.63, 3.8) is 0 Å². The van der Waals surface area contributed by atoms with E-state index in [0.29, 0.717) is 5.92 Å². The maximum atomic E-state index is 6.52. The van der Waals surface area contributed by atoms with Gasteiger partial charge in [0.15, 0.2) is 0 Å². The molecule has 184 valence electrons. The Balaban J connectivity index is 1.20. The highest BCUT2D eigenvalue weighted by atomic mass is 16.5. The summed E-state index contributed by atoms with van der Waals surface area (Å²) < 4.78 is 6.52. The second-order valence-electron chi connectivity index (χ2n) is 10.5. The smallest absolute Gasteiger partial charge is 0.123 e. The molecule has 0 saturated carbocycles. The van der Waals surface area contributed by atoms with Crippen LogP contribution in [-0.4, -0.2) is 30.6 Å². The van der Waals surface area contributed by atoms with Gasteiger partial charge < -0.3 is 10.1 Å². The number of nitrogens with zero attached hydrogens (tertiary/aromatic N) is 1. The first-order valence-electron chi connectivity index (χ1n) is 13.5. The van der Waals surface area contributed by atoms with E-state index in [0.717, 1.165) is 25.3 Å². The van der Waals surface area contributed by atoms with Crippen LogP contribution in [0, 0.1) is 0 Å². The van der Waals surface area contributed by atoms with E-state index in [1.54, 1.807) is 0 Å². The van der Waals surface area contributed by atoms with Gasteiger partial charge in [0.1, 0.15) is 11.9 Å². The van der Waals surface area contributed by atoms with Crippen LogP contribution < -0.4 is 10.1 Å². The first-order valence-corrected chi connectivity index (χ1v) is 13.5. The molecule has 0 amide bonds. The minimum atomic E-state index is 0.129. The SMILES string of the molecule is C[C@@H](NC[C@H]1C[C@@H](c2cccc(CN3CCCC3)c2)c2ccccc2O1)c1cccc2ccccc12. The van der Waals surface area contributed by atoms with Gasteiger partial charge in [-0.25, -0.2) is 0 Å². The largest absolute Gasteiger partial charge is 0.489 e. The van der Waals surface area contributed by atoms with Crippen molar-refractivity contribution >= 4 is 10.8 Å².